The van der Waals surface area contributed by atoms with Gasteiger partial charge in [0.25, 0.3) is 0 Å². The maximum Gasteiger partial charge on any atom is 0.0823 e. The van der Waals surface area contributed by atoms with E-state index >= 15 is 0 Å². The van der Waals surface area contributed by atoms with Crippen LogP contribution in [0.15, 0.2) is 29.3 Å². The van der Waals surface area contributed by atoms with Crippen molar-refractivity contribution in [3.05, 3.63) is 35.4 Å². The van der Waals surface area contributed by atoms with E-state index in [-0.39, 0.29) is 0 Å². The molecule has 3 N–H and O–H groups in total. The lowest BCUT2D eigenvalue weighted by Gasteiger charge is -2.07. The van der Waals surface area contributed by atoms with Gasteiger partial charge in [0.1, 0.15) is 0 Å². The van der Waals surface area contributed by atoms with Gasteiger partial charge in [-0.25, -0.2) is 0 Å². The first kappa shape index (κ1) is 10.7. The smallest absolute Gasteiger partial charge is 0.0823 e. The normalized spacial score (nSPS) is 10.7. The number of nitrogens with zero attached hydrogens (tertiary/aromatic N) is 1. The number of benzene rings is 1. The summed E-state index contributed by atoms with van der Waals surface area (Å²) in [5, 5.41) is 3.12. The Morgan fingerprint density at radius 3 is 2.71 bits per heavy atom. The van der Waals surface area contributed by atoms with Crippen LogP contribution in [0.2, 0.25) is 0 Å². The summed E-state index contributed by atoms with van der Waals surface area (Å²) in [4.78, 5) is 3.87. The number of nitrogens with two attached hydrogens (primary N) is 1. The molecule has 0 atom stereocenters. The molecule has 1 aromatic carbocycles. The van der Waals surface area contributed by atoms with Crippen LogP contribution in [0.25, 0.3) is 0 Å². The van der Waals surface area contributed by atoms with Gasteiger partial charge in [-0.2, -0.15) is 0 Å². The zero-order valence-electron chi connectivity index (χ0n) is 8.53. The van der Waals surface area contributed by atoms with Gasteiger partial charge in [-0.1, -0.05) is 24.3 Å². The number of nitrogens with one attached hydrogen (secondary N) is 1. The maximum absolute atomic E-state index is 5.54. The molecule has 0 aliphatic heterocycles. The summed E-state index contributed by atoms with van der Waals surface area (Å²) in [5.41, 5.74) is 8.14. The standard InChI is InChI=1S/C11H17N3/c1-13-9-14-8-11-5-3-2-4-10(11)6-7-12/h2-5,9H,6-8,12H2,1H3,(H,13,14). The Balaban J connectivity index is 2.63. The average Bonchev–Trinajstić information content (AvgIpc) is 2.21. The van der Waals surface area contributed by atoms with Gasteiger partial charge in [0.05, 0.1) is 6.34 Å². The van der Waals surface area contributed by atoms with Crippen molar-refractivity contribution in [2.75, 3.05) is 13.6 Å². The zero-order valence-corrected chi connectivity index (χ0v) is 8.53. The fourth-order valence-corrected chi connectivity index (χ4v) is 1.38. The number of hydrogen-bond acceptors (Lipinski definition) is 2. The van der Waals surface area contributed by atoms with Crippen molar-refractivity contribution in [2.24, 2.45) is 10.7 Å². The van der Waals surface area contributed by atoms with Crippen LogP contribution in [-0.2, 0) is 13.0 Å². The molecule has 0 amide bonds. The van der Waals surface area contributed by atoms with Gasteiger partial charge in [-0.3, -0.25) is 4.99 Å². The predicted octanol–water partition coefficient (Wildman–Crippen LogP) is 0.935. The highest BCUT2D eigenvalue weighted by molar-refractivity contribution is 5.54. The molecule has 0 aliphatic carbocycles. The van der Waals surface area contributed by atoms with Crippen molar-refractivity contribution in [3.63, 3.8) is 0 Å². The topological polar surface area (TPSA) is 50.4 Å². The van der Waals surface area contributed by atoms with Crippen molar-refractivity contribution in [1.82, 2.24) is 5.32 Å². The first-order valence-electron chi connectivity index (χ1n) is 4.79. The molecule has 14 heavy (non-hydrogen) atoms. The summed E-state index contributed by atoms with van der Waals surface area (Å²) < 4.78 is 0. The summed E-state index contributed by atoms with van der Waals surface area (Å²) in [6, 6.07) is 8.32. The molecule has 0 fully saturated rings. The first-order valence-corrected chi connectivity index (χ1v) is 4.79. The van der Waals surface area contributed by atoms with E-state index in [1.165, 1.54) is 11.1 Å². The van der Waals surface area contributed by atoms with Crippen molar-refractivity contribution < 1.29 is 0 Å². The van der Waals surface area contributed by atoms with Crippen LogP contribution in [0, 0.1) is 0 Å². The second kappa shape index (κ2) is 6.16. The van der Waals surface area contributed by atoms with Crippen LogP contribution in [0.1, 0.15) is 11.1 Å². The highest BCUT2D eigenvalue weighted by Crippen LogP contribution is 2.08. The Bertz CT molecular complexity index is 294. The SMILES string of the molecule is CN=CNCc1ccccc1CCN. The van der Waals surface area contributed by atoms with E-state index in [0.717, 1.165) is 13.0 Å². The minimum absolute atomic E-state index is 0.693. The van der Waals surface area contributed by atoms with E-state index in [4.69, 9.17) is 5.73 Å². The van der Waals surface area contributed by atoms with E-state index in [1.807, 2.05) is 12.1 Å². The molecule has 0 saturated heterocycles. The van der Waals surface area contributed by atoms with Crippen LogP contribution >= 0.6 is 0 Å². The summed E-state index contributed by atoms with van der Waals surface area (Å²) in [6.07, 6.45) is 2.64. The van der Waals surface area contributed by atoms with Crippen molar-refractivity contribution in [1.29, 1.82) is 0 Å². The highest BCUT2D eigenvalue weighted by Gasteiger charge is 1.98. The van der Waals surface area contributed by atoms with Gasteiger partial charge in [-0.05, 0) is 24.1 Å². The maximum atomic E-state index is 5.54. The van der Waals surface area contributed by atoms with Gasteiger partial charge in [-0.15, -0.1) is 0 Å². The number of aliphatic imine (C=N–C) groups is 1. The molecule has 0 saturated carbocycles. The third-order valence-corrected chi connectivity index (χ3v) is 2.04. The predicted molar refractivity (Wildman–Crippen MR) is 60.5 cm³/mol. The van der Waals surface area contributed by atoms with Crippen molar-refractivity contribution in [2.45, 2.75) is 13.0 Å². The van der Waals surface area contributed by atoms with Crippen LogP contribution in [0.3, 0.4) is 0 Å². The van der Waals surface area contributed by atoms with Gasteiger partial charge in [0.15, 0.2) is 0 Å². The quantitative estimate of drug-likeness (QED) is 0.537. The van der Waals surface area contributed by atoms with E-state index < -0.39 is 0 Å². The molecule has 0 aliphatic rings. The molecule has 3 nitrogen and oxygen atoms in total. The summed E-state index contributed by atoms with van der Waals surface area (Å²) in [6.45, 7) is 1.51. The molecule has 0 spiro atoms. The van der Waals surface area contributed by atoms with Crippen LogP contribution in [0.5, 0.6) is 0 Å². The minimum Gasteiger partial charge on any atom is -0.372 e. The van der Waals surface area contributed by atoms with E-state index in [1.54, 1.807) is 13.4 Å². The summed E-state index contributed by atoms with van der Waals surface area (Å²) >= 11 is 0. The zero-order chi connectivity index (χ0) is 10.2. The third-order valence-electron chi connectivity index (χ3n) is 2.04. The van der Waals surface area contributed by atoms with E-state index in [9.17, 15) is 0 Å². The van der Waals surface area contributed by atoms with Crippen LogP contribution in [-0.4, -0.2) is 19.9 Å². The van der Waals surface area contributed by atoms with E-state index in [2.05, 4.69) is 22.4 Å². The van der Waals surface area contributed by atoms with Gasteiger partial charge < -0.3 is 11.1 Å². The lowest BCUT2D eigenvalue weighted by Crippen LogP contribution is -2.13. The monoisotopic (exact) mass is 191 g/mol. The first-order chi connectivity index (χ1) is 6.88. The Hall–Kier alpha value is -1.35. The highest BCUT2D eigenvalue weighted by atomic mass is 14.9. The average molecular weight is 191 g/mol. The molecule has 0 unspecified atom stereocenters. The number of hydrogen-bond donors (Lipinski definition) is 2. The second-order valence-electron chi connectivity index (χ2n) is 3.08. The summed E-state index contributed by atoms with van der Waals surface area (Å²) in [5.74, 6) is 0. The molecule has 76 valence electrons. The molecular formula is C11H17N3. The second-order valence-corrected chi connectivity index (χ2v) is 3.08. The number of rotatable bonds is 5. The van der Waals surface area contributed by atoms with Gasteiger partial charge in [0.2, 0.25) is 0 Å². The molecule has 0 bridgehead atoms. The van der Waals surface area contributed by atoms with Crippen molar-refractivity contribution in [3.8, 4) is 0 Å². The van der Waals surface area contributed by atoms with Gasteiger partial charge in [0, 0.05) is 13.6 Å². The Morgan fingerprint density at radius 1 is 1.36 bits per heavy atom. The minimum atomic E-state index is 0.693. The van der Waals surface area contributed by atoms with Crippen molar-refractivity contribution >= 4 is 6.34 Å². The van der Waals surface area contributed by atoms with Crippen LogP contribution in [0.4, 0.5) is 0 Å². The lowest BCUT2D eigenvalue weighted by molar-refractivity contribution is 0.882. The molecule has 1 rings (SSSR count). The Labute approximate surface area is 85.0 Å². The Kier molecular flexibility index (Phi) is 4.72. The largest absolute Gasteiger partial charge is 0.372 e. The molecule has 3 heteroatoms. The Morgan fingerprint density at radius 2 is 2.07 bits per heavy atom. The molecule has 0 aromatic heterocycles. The summed E-state index contributed by atoms with van der Waals surface area (Å²) in [7, 11) is 1.75. The fourth-order valence-electron chi connectivity index (χ4n) is 1.38. The molecule has 0 radical (unpaired) electrons. The molecule has 0 heterocycles. The molecule has 1 aromatic rings. The lowest BCUT2D eigenvalue weighted by atomic mass is 10.0. The van der Waals surface area contributed by atoms with E-state index in [0.29, 0.717) is 6.54 Å². The third kappa shape index (κ3) is 3.18. The molecular weight excluding hydrogens is 174 g/mol. The van der Waals surface area contributed by atoms with Crippen LogP contribution < -0.4 is 11.1 Å². The fraction of sp³-hybridized carbons (Fsp3) is 0.364. The van der Waals surface area contributed by atoms with Gasteiger partial charge >= 0.3 is 0 Å².